The first-order valence-corrected chi connectivity index (χ1v) is 6.99. The summed E-state index contributed by atoms with van der Waals surface area (Å²) in [7, 11) is 0. The van der Waals surface area contributed by atoms with Crippen LogP contribution in [0, 0.1) is 5.92 Å². The Labute approximate surface area is 113 Å². The van der Waals surface area contributed by atoms with Gasteiger partial charge in [-0.1, -0.05) is 0 Å². The van der Waals surface area contributed by atoms with Gasteiger partial charge in [-0.15, -0.1) is 0 Å². The summed E-state index contributed by atoms with van der Waals surface area (Å²) in [5.41, 5.74) is 0. The van der Waals surface area contributed by atoms with Crippen LogP contribution in [0.25, 0.3) is 0 Å². The molecule has 2 saturated heterocycles. The smallest absolute Gasteiger partial charge is 0.308 e. The molecule has 2 N–H and O–H groups in total. The van der Waals surface area contributed by atoms with Gasteiger partial charge >= 0.3 is 5.97 Å². The van der Waals surface area contributed by atoms with Crippen LogP contribution < -0.4 is 5.32 Å². The summed E-state index contributed by atoms with van der Waals surface area (Å²) in [4.78, 5) is 24.6. The van der Waals surface area contributed by atoms with Crippen LogP contribution in [0.15, 0.2) is 0 Å². The fourth-order valence-electron chi connectivity index (χ4n) is 2.65. The van der Waals surface area contributed by atoms with E-state index in [1.807, 2.05) is 0 Å². The quantitative estimate of drug-likeness (QED) is 0.756. The normalized spacial score (nSPS) is 25.3. The molecule has 2 aliphatic heterocycles. The number of carboxylic acid groups (broad SMARTS) is 1. The van der Waals surface area contributed by atoms with Crippen LogP contribution in [0.2, 0.25) is 0 Å². The lowest BCUT2D eigenvalue weighted by Crippen LogP contribution is -2.44. The molecule has 0 saturated carbocycles. The predicted molar refractivity (Wildman–Crippen MR) is 68.8 cm³/mol. The van der Waals surface area contributed by atoms with Gasteiger partial charge in [0.25, 0.3) is 0 Å². The Morgan fingerprint density at radius 1 is 1.26 bits per heavy atom. The van der Waals surface area contributed by atoms with Crippen LogP contribution in [0.4, 0.5) is 0 Å². The second-order valence-corrected chi connectivity index (χ2v) is 5.28. The number of hydrogen-bond donors (Lipinski definition) is 2. The molecule has 1 amide bonds. The molecule has 0 aromatic heterocycles. The Morgan fingerprint density at radius 2 is 2.00 bits per heavy atom. The molecule has 0 bridgehead atoms. The molecule has 0 spiro atoms. The zero-order chi connectivity index (χ0) is 13.7. The summed E-state index contributed by atoms with van der Waals surface area (Å²) in [6, 6.07) is 0. The van der Waals surface area contributed by atoms with Crippen molar-refractivity contribution in [3.63, 3.8) is 0 Å². The highest BCUT2D eigenvalue weighted by Gasteiger charge is 2.28. The number of amides is 1. The monoisotopic (exact) mass is 270 g/mol. The average molecular weight is 270 g/mol. The largest absolute Gasteiger partial charge is 0.481 e. The lowest BCUT2D eigenvalue weighted by Gasteiger charge is -2.31. The van der Waals surface area contributed by atoms with E-state index in [4.69, 9.17) is 9.84 Å². The summed E-state index contributed by atoms with van der Waals surface area (Å²) in [6.45, 7) is 2.92. The number of likely N-dealkylation sites (tertiary alicyclic amines) is 1. The van der Waals surface area contributed by atoms with Crippen molar-refractivity contribution >= 4 is 11.9 Å². The van der Waals surface area contributed by atoms with Gasteiger partial charge in [0.2, 0.25) is 5.91 Å². The summed E-state index contributed by atoms with van der Waals surface area (Å²) < 4.78 is 5.62. The number of nitrogens with one attached hydrogen (secondary N) is 1. The minimum atomic E-state index is -0.809. The van der Waals surface area contributed by atoms with Gasteiger partial charge in [0.05, 0.1) is 12.0 Å². The molecule has 2 aliphatic rings. The van der Waals surface area contributed by atoms with Crippen molar-refractivity contribution in [2.75, 3.05) is 32.8 Å². The first-order valence-electron chi connectivity index (χ1n) is 6.99. The minimum Gasteiger partial charge on any atom is -0.481 e. The number of carboxylic acids is 1. The highest BCUT2D eigenvalue weighted by Crippen LogP contribution is 2.17. The number of nitrogens with zero attached hydrogens (tertiary/aromatic N) is 1. The molecular weight excluding hydrogens is 248 g/mol. The molecule has 2 heterocycles. The van der Waals surface area contributed by atoms with Crippen LogP contribution in [0.3, 0.4) is 0 Å². The molecule has 0 aromatic carbocycles. The van der Waals surface area contributed by atoms with Gasteiger partial charge in [0, 0.05) is 13.1 Å². The van der Waals surface area contributed by atoms with E-state index in [1.54, 1.807) is 4.90 Å². The summed E-state index contributed by atoms with van der Waals surface area (Å²) >= 11 is 0. The summed E-state index contributed by atoms with van der Waals surface area (Å²) in [5, 5.41) is 12.2. The van der Waals surface area contributed by atoms with Gasteiger partial charge in [-0.3, -0.25) is 9.59 Å². The van der Waals surface area contributed by atoms with Crippen molar-refractivity contribution in [2.24, 2.45) is 5.92 Å². The second kappa shape index (κ2) is 6.86. The third kappa shape index (κ3) is 4.18. The third-order valence-corrected chi connectivity index (χ3v) is 3.85. The van der Waals surface area contributed by atoms with E-state index in [2.05, 4.69) is 5.32 Å². The Hall–Kier alpha value is -1.14. The molecule has 0 aromatic rings. The molecule has 2 fully saturated rings. The van der Waals surface area contributed by atoms with Gasteiger partial charge in [-0.05, 0) is 38.8 Å². The number of piperidine rings is 2. The van der Waals surface area contributed by atoms with Crippen LogP contribution in [-0.2, 0) is 14.3 Å². The summed E-state index contributed by atoms with van der Waals surface area (Å²) in [6.07, 6.45) is 3.45. The van der Waals surface area contributed by atoms with E-state index >= 15 is 0 Å². The maximum Gasteiger partial charge on any atom is 0.308 e. The van der Waals surface area contributed by atoms with Crippen LogP contribution in [0.5, 0.6) is 0 Å². The number of ether oxygens (including phenoxy) is 1. The first kappa shape index (κ1) is 14.3. The van der Waals surface area contributed by atoms with Gasteiger partial charge in [-0.2, -0.15) is 0 Å². The van der Waals surface area contributed by atoms with Gasteiger partial charge in [0.1, 0.15) is 6.61 Å². The second-order valence-electron chi connectivity index (χ2n) is 5.28. The molecule has 108 valence electrons. The molecule has 19 heavy (non-hydrogen) atoms. The third-order valence-electron chi connectivity index (χ3n) is 3.85. The van der Waals surface area contributed by atoms with Gasteiger partial charge < -0.3 is 20.1 Å². The molecule has 1 atom stereocenters. The first-order chi connectivity index (χ1) is 9.16. The number of aliphatic carboxylic acids is 1. The lowest BCUT2D eigenvalue weighted by atomic mass is 9.98. The van der Waals surface area contributed by atoms with Crippen molar-refractivity contribution in [1.29, 1.82) is 0 Å². The molecule has 6 nitrogen and oxygen atoms in total. The fourth-order valence-corrected chi connectivity index (χ4v) is 2.65. The molecule has 6 heteroatoms. The van der Waals surface area contributed by atoms with Gasteiger partial charge in [-0.25, -0.2) is 0 Å². The molecule has 0 unspecified atom stereocenters. The van der Waals surface area contributed by atoms with Crippen LogP contribution in [0.1, 0.15) is 25.7 Å². The molecule has 0 aliphatic carbocycles. The Balaban J connectivity index is 1.74. The van der Waals surface area contributed by atoms with Crippen LogP contribution in [-0.4, -0.2) is 60.8 Å². The van der Waals surface area contributed by atoms with E-state index in [1.165, 1.54) is 0 Å². The Kier molecular flexibility index (Phi) is 5.15. The van der Waals surface area contributed by atoms with E-state index in [9.17, 15) is 9.59 Å². The highest BCUT2D eigenvalue weighted by atomic mass is 16.5. The van der Waals surface area contributed by atoms with Crippen molar-refractivity contribution < 1.29 is 19.4 Å². The molecule has 2 rings (SSSR count). The van der Waals surface area contributed by atoms with E-state index in [-0.39, 0.29) is 18.6 Å². The maximum absolute atomic E-state index is 12.0. The maximum atomic E-state index is 12.0. The van der Waals surface area contributed by atoms with Crippen molar-refractivity contribution in [3.05, 3.63) is 0 Å². The van der Waals surface area contributed by atoms with E-state index in [0.29, 0.717) is 19.5 Å². The lowest BCUT2D eigenvalue weighted by molar-refractivity contribution is -0.147. The standard InChI is InChI=1S/C13H22N2O4/c16-12(9-19-11-3-5-14-6-4-11)15-7-1-2-10(8-15)13(17)18/h10-11,14H,1-9H2,(H,17,18)/t10-/m0/s1. The summed E-state index contributed by atoms with van der Waals surface area (Å²) in [5.74, 6) is -1.31. The molecular formula is C13H22N2O4. The predicted octanol–water partition coefficient (Wildman–Crippen LogP) is 0.0782. The SMILES string of the molecule is O=C(O)[C@H]1CCCN(C(=O)COC2CCNCC2)C1. The van der Waals surface area contributed by atoms with E-state index in [0.717, 1.165) is 32.4 Å². The Bertz CT molecular complexity index is 329. The van der Waals surface area contributed by atoms with Crippen molar-refractivity contribution in [2.45, 2.75) is 31.8 Å². The van der Waals surface area contributed by atoms with Gasteiger partial charge in [0.15, 0.2) is 0 Å². The average Bonchev–Trinajstić information content (AvgIpc) is 2.46. The zero-order valence-electron chi connectivity index (χ0n) is 11.1. The molecule has 0 radical (unpaired) electrons. The zero-order valence-corrected chi connectivity index (χ0v) is 11.1. The number of rotatable bonds is 4. The van der Waals surface area contributed by atoms with Crippen molar-refractivity contribution in [3.8, 4) is 0 Å². The topological polar surface area (TPSA) is 78.9 Å². The highest BCUT2D eigenvalue weighted by molar-refractivity contribution is 5.79. The number of carbonyl (C=O) groups is 2. The minimum absolute atomic E-state index is 0.0792. The van der Waals surface area contributed by atoms with Crippen LogP contribution >= 0.6 is 0 Å². The number of hydrogen-bond acceptors (Lipinski definition) is 4. The number of carbonyl (C=O) groups excluding carboxylic acids is 1. The fraction of sp³-hybridized carbons (Fsp3) is 0.846. The Morgan fingerprint density at radius 3 is 2.68 bits per heavy atom. The van der Waals surface area contributed by atoms with E-state index < -0.39 is 11.9 Å². The van der Waals surface area contributed by atoms with Crippen molar-refractivity contribution in [1.82, 2.24) is 10.2 Å².